The normalized spacial score (nSPS) is 52.4. The maximum absolute atomic E-state index is 11.9. The third kappa shape index (κ3) is 2.05. The lowest BCUT2D eigenvalue weighted by Gasteiger charge is -2.57. The van der Waals surface area contributed by atoms with Gasteiger partial charge in [-0.3, -0.25) is 4.79 Å². The highest BCUT2D eigenvalue weighted by molar-refractivity contribution is 5.91. The minimum Gasteiger partial charge on any atom is -0.390 e. The zero-order valence-corrected chi connectivity index (χ0v) is 14.7. The summed E-state index contributed by atoms with van der Waals surface area (Å²) >= 11 is 0. The van der Waals surface area contributed by atoms with Crippen molar-refractivity contribution in [3.63, 3.8) is 0 Å². The molecule has 128 valence electrons. The molecule has 0 aromatic rings. The third-order valence-electron chi connectivity index (χ3n) is 8.22. The first kappa shape index (κ1) is 15.8. The lowest BCUT2D eigenvalue weighted by atomic mass is 9.47. The van der Waals surface area contributed by atoms with Crippen LogP contribution < -0.4 is 0 Å². The molecule has 0 aliphatic heterocycles. The van der Waals surface area contributed by atoms with Crippen LogP contribution in [0.2, 0.25) is 0 Å². The minimum atomic E-state index is -0.323. The molecule has 0 saturated heterocycles. The summed E-state index contributed by atoms with van der Waals surface area (Å²) in [5.74, 6) is 2.25. The number of rotatable bonds is 1. The molecule has 4 aliphatic carbocycles. The first-order chi connectivity index (χ1) is 10.9. The van der Waals surface area contributed by atoms with Gasteiger partial charge < -0.3 is 9.84 Å². The van der Waals surface area contributed by atoms with Crippen LogP contribution in [-0.2, 0) is 9.53 Å². The van der Waals surface area contributed by atoms with Crippen molar-refractivity contribution in [2.45, 2.75) is 71.0 Å². The first-order valence-corrected chi connectivity index (χ1v) is 9.35. The predicted molar refractivity (Wildman–Crippen MR) is 88.9 cm³/mol. The van der Waals surface area contributed by atoms with E-state index in [4.69, 9.17) is 4.74 Å². The van der Waals surface area contributed by atoms with E-state index in [1.165, 1.54) is 18.4 Å². The molecule has 0 aromatic heterocycles. The number of ether oxygens (including phenoxy) is 1. The summed E-state index contributed by atoms with van der Waals surface area (Å²) in [5.41, 5.74) is 1.65. The lowest BCUT2D eigenvalue weighted by molar-refractivity contribution is -0.118. The SMILES string of the molecule is COC1CC2C3CCC4=CC(=O)CCC4(C)C3CCC2(C)C1O. The summed E-state index contributed by atoms with van der Waals surface area (Å²) in [6.07, 6.45) is 8.93. The molecular weight excluding hydrogens is 288 g/mol. The Balaban J connectivity index is 1.67. The van der Waals surface area contributed by atoms with Crippen LogP contribution in [0.5, 0.6) is 0 Å². The molecule has 3 fully saturated rings. The van der Waals surface area contributed by atoms with E-state index in [0.717, 1.165) is 25.7 Å². The number of methoxy groups -OCH3 is 1. The Hall–Kier alpha value is -0.670. The van der Waals surface area contributed by atoms with E-state index in [9.17, 15) is 9.90 Å². The Bertz CT molecular complexity index is 553. The largest absolute Gasteiger partial charge is 0.390 e. The molecular formula is C20H30O3. The van der Waals surface area contributed by atoms with Crippen molar-refractivity contribution in [2.24, 2.45) is 28.6 Å². The van der Waals surface area contributed by atoms with Crippen molar-refractivity contribution in [2.75, 3.05) is 7.11 Å². The zero-order valence-electron chi connectivity index (χ0n) is 14.7. The van der Waals surface area contributed by atoms with Gasteiger partial charge >= 0.3 is 0 Å². The van der Waals surface area contributed by atoms with Crippen molar-refractivity contribution < 1.29 is 14.6 Å². The summed E-state index contributed by atoms with van der Waals surface area (Å²) in [4.78, 5) is 11.9. The fourth-order valence-corrected chi connectivity index (χ4v) is 6.75. The highest BCUT2D eigenvalue weighted by Gasteiger charge is 2.61. The molecule has 23 heavy (non-hydrogen) atoms. The van der Waals surface area contributed by atoms with Gasteiger partial charge in [0.15, 0.2) is 5.78 Å². The van der Waals surface area contributed by atoms with Crippen LogP contribution in [-0.4, -0.2) is 30.2 Å². The molecule has 0 radical (unpaired) electrons. The number of allylic oxidation sites excluding steroid dienone is 1. The predicted octanol–water partition coefficient (Wildman–Crippen LogP) is 3.50. The van der Waals surface area contributed by atoms with Crippen LogP contribution in [0.4, 0.5) is 0 Å². The second kappa shape index (κ2) is 5.16. The van der Waals surface area contributed by atoms with Gasteiger partial charge in [-0.2, -0.15) is 0 Å². The standard InChI is InChI=1S/C20H30O3/c1-19-8-6-13(21)10-12(19)4-5-14-15(19)7-9-20(2)16(14)11-17(23-3)18(20)22/h10,14-18,22H,4-9,11H2,1-3H3. The number of hydrogen-bond donors (Lipinski definition) is 1. The molecule has 3 nitrogen and oxygen atoms in total. The molecule has 0 amide bonds. The average molecular weight is 318 g/mol. The van der Waals surface area contributed by atoms with Crippen LogP contribution in [0.1, 0.15) is 58.8 Å². The van der Waals surface area contributed by atoms with E-state index >= 15 is 0 Å². The van der Waals surface area contributed by atoms with Gasteiger partial charge in [0.2, 0.25) is 0 Å². The molecule has 0 bridgehead atoms. The van der Waals surface area contributed by atoms with Gasteiger partial charge in [-0.05, 0) is 73.2 Å². The topological polar surface area (TPSA) is 46.5 Å². The number of aliphatic hydroxyl groups is 1. The number of hydrogen-bond acceptors (Lipinski definition) is 3. The van der Waals surface area contributed by atoms with Crippen LogP contribution in [0, 0.1) is 28.6 Å². The quantitative estimate of drug-likeness (QED) is 0.805. The van der Waals surface area contributed by atoms with Crippen LogP contribution in [0.15, 0.2) is 11.6 Å². The van der Waals surface area contributed by atoms with Gasteiger partial charge in [0, 0.05) is 13.5 Å². The molecule has 7 atom stereocenters. The molecule has 3 heteroatoms. The summed E-state index contributed by atoms with van der Waals surface area (Å²) in [5, 5.41) is 10.8. The van der Waals surface area contributed by atoms with E-state index < -0.39 is 0 Å². The highest BCUT2D eigenvalue weighted by Crippen LogP contribution is 2.65. The Labute approximate surface area is 139 Å². The van der Waals surface area contributed by atoms with E-state index in [1.807, 2.05) is 6.08 Å². The molecule has 0 heterocycles. The van der Waals surface area contributed by atoms with Gasteiger partial charge in [-0.15, -0.1) is 0 Å². The molecule has 7 unspecified atom stereocenters. The molecule has 3 saturated carbocycles. The summed E-state index contributed by atoms with van der Waals surface area (Å²) in [6, 6.07) is 0. The lowest BCUT2D eigenvalue weighted by Crippen LogP contribution is -2.51. The molecule has 0 aromatic carbocycles. The van der Waals surface area contributed by atoms with Crippen molar-refractivity contribution >= 4 is 5.78 Å². The molecule has 4 aliphatic rings. The third-order valence-corrected chi connectivity index (χ3v) is 8.22. The fraction of sp³-hybridized carbons (Fsp3) is 0.850. The van der Waals surface area contributed by atoms with Gasteiger partial charge in [0.05, 0.1) is 12.2 Å². The van der Waals surface area contributed by atoms with E-state index in [0.29, 0.717) is 30.0 Å². The average Bonchev–Trinajstić information content (AvgIpc) is 2.79. The summed E-state index contributed by atoms with van der Waals surface area (Å²) in [7, 11) is 1.74. The molecule has 1 N–H and O–H groups in total. The van der Waals surface area contributed by atoms with Crippen molar-refractivity contribution in [1.29, 1.82) is 0 Å². The Morgan fingerprint density at radius 3 is 2.70 bits per heavy atom. The maximum atomic E-state index is 11.9. The second-order valence-electron chi connectivity index (χ2n) is 8.97. The maximum Gasteiger partial charge on any atom is 0.155 e. The molecule has 0 spiro atoms. The van der Waals surface area contributed by atoms with Crippen LogP contribution in [0.3, 0.4) is 0 Å². The fourth-order valence-electron chi connectivity index (χ4n) is 6.75. The van der Waals surface area contributed by atoms with Gasteiger partial charge in [-0.1, -0.05) is 19.4 Å². The smallest absolute Gasteiger partial charge is 0.155 e. The Morgan fingerprint density at radius 2 is 1.96 bits per heavy atom. The van der Waals surface area contributed by atoms with Crippen molar-refractivity contribution in [1.82, 2.24) is 0 Å². The van der Waals surface area contributed by atoms with E-state index in [-0.39, 0.29) is 23.0 Å². The minimum absolute atomic E-state index is 0.00132. The monoisotopic (exact) mass is 318 g/mol. The second-order valence-corrected chi connectivity index (χ2v) is 8.97. The van der Waals surface area contributed by atoms with Crippen molar-refractivity contribution in [3.05, 3.63) is 11.6 Å². The highest BCUT2D eigenvalue weighted by atomic mass is 16.5. The summed E-state index contributed by atoms with van der Waals surface area (Å²) in [6.45, 7) is 4.69. The van der Waals surface area contributed by atoms with Gasteiger partial charge in [0.1, 0.15) is 0 Å². The Kier molecular flexibility index (Phi) is 3.55. The van der Waals surface area contributed by atoms with Gasteiger partial charge in [-0.25, -0.2) is 0 Å². The first-order valence-electron chi connectivity index (χ1n) is 9.35. The van der Waals surface area contributed by atoms with E-state index in [2.05, 4.69) is 13.8 Å². The number of carbonyl (C=O) groups excluding carboxylic acids is 1. The molecule has 4 rings (SSSR count). The Morgan fingerprint density at radius 1 is 1.17 bits per heavy atom. The number of fused-ring (bicyclic) bond motifs is 5. The number of aliphatic hydroxyl groups excluding tert-OH is 1. The zero-order chi connectivity index (χ0) is 16.4. The number of carbonyl (C=O) groups is 1. The van der Waals surface area contributed by atoms with Crippen LogP contribution >= 0.6 is 0 Å². The van der Waals surface area contributed by atoms with Gasteiger partial charge in [0.25, 0.3) is 0 Å². The number of ketones is 1. The van der Waals surface area contributed by atoms with Crippen molar-refractivity contribution in [3.8, 4) is 0 Å². The van der Waals surface area contributed by atoms with Crippen LogP contribution in [0.25, 0.3) is 0 Å². The van der Waals surface area contributed by atoms with E-state index in [1.54, 1.807) is 7.11 Å². The summed E-state index contributed by atoms with van der Waals surface area (Å²) < 4.78 is 5.60.